The molecule has 2 aromatic rings. The van der Waals surface area contributed by atoms with E-state index in [2.05, 4.69) is 5.32 Å². The maximum absolute atomic E-state index is 12.9. The summed E-state index contributed by atoms with van der Waals surface area (Å²) in [7, 11) is 1.58. The van der Waals surface area contributed by atoms with E-state index in [4.69, 9.17) is 34.8 Å². The minimum atomic E-state index is -0.354. The van der Waals surface area contributed by atoms with E-state index in [1.165, 1.54) is 4.90 Å². The summed E-state index contributed by atoms with van der Waals surface area (Å²) in [6.07, 6.45) is 1.39. The van der Waals surface area contributed by atoms with Crippen LogP contribution in [0.2, 0.25) is 15.1 Å². The van der Waals surface area contributed by atoms with Crippen LogP contribution >= 0.6 is 34.8 Å². The molecule has 6 nitrogen and oxygen atoms in total. The van der Waals surface area contributed by atoms with Gasteiger partial charge in [-0.2, -0.15) is 0 Å². The first-order valence-corrected chi connectivity index (χ1v) is 10.9. The third-order valence-electron chi connectivity index (χ3n) is 5.11. The summed E-state index contributed by atoms with van der Waals surface area (Å²) >= 11 is 17.7. The zero-order valence-electron chi connectivity index (χ0n) is 16.9. The maximum Gasteiger partial charge on any atom is 0.253 e. The first-order chi connectivity index (χ1) is 14.7. The highest BCUT2D eigenvalue weighted by molar-refractivity contribution is 6.42. The van der Waals surface area contributed by atoms with Gasteiger partial charge in [0.25, 0.3) is 5.91 Å². The van der Waals surface area contributed by atoms with Gasteiger partial charge in [-0.25, -0.2) is 0 Å². The number of carbonyl (C=O) groups is 3. The fourth-order valence-corrected chi connectivity index (χ4v) is 3.94. The molecule has 1 saturated heterocycles. The van der Waals surface area contributed by atoms with Gasteiger partial charge < -0.3 is 15.1 Å². The summed E-state index contributed by atoms with van der Waals surface area (Å²) in [5, 5.41) is 3.98. The maximum atomic E-state index is 12.9. The van der Waals surface area contributed by atoms with Gasteiger partial charge in [0, 0.05) is 36.4 Å². The molecule has 1 atom stereocenters. The van der Waals surface area contributed by atoms with Crippen LogP contribution in [0.25, 0.3) is 0 Å². The predicted octanol–water partition coefficient (Wildman–Crippen LogP) is 4.60. The van der Waals surface area contributed by atoms with Gasteiger partial charge in [-0.3, -0.25) is 14.4 Å². The van der Waals surface area contributed by atoms with Crippen molar-refractivity contribution in [2.75, 3.05) is 32.0 Å². The molecule has 9 heteroatoms. The molecule has 1 heterocycles. The van der Waals surface area contributed by atoms with Crippen molar-refractivity contribution >= 4 is 58.2 Å². The molecule has 1 aliphatic rings. The van der Waals surface area contributed by atoms with Crippen LogP contribution in [0, 0.1) is 5.92 Å². The Hall–Kier alpha value is -2.28. The predicted molar refractivity (Wildman–Crippen MR) is 123 cm³/mol. The molecule has 0 aliphatic carbocycles. The first kappa shape index (κ1) is 23.4. The Kier molecular flexibility index (Phi) is 7.81. The van der Waals surface area contributed by atoms with Crippen LogP contribution in [-0.4, -0.2) is 54.2 Å². The number of anilines is 1. The Morgan fingerprint density at radius 1 is 1.06 bits per heavy atom. The Balaban J connectivity index is 1.56. The number of rotatable bonds is 5. The lowest BCUT2D eigenvalue weighted by Gasteiger charge is -2.34. The SMILES string of the molecule is CN(CC(=O)Nc1ccc(Cl)c(Cl)c1)C(=O)C1CCCN(C(=O)c2ccc(Cl)cc2)C1. The Labute approximate surface area is 196 Å². The minimum absolute atomic E-state index is 0.110. The van der Waals surface area contributed by atoms with E-state index >= 15 is 0 Å². The van der Waals surface area contributed by atoms with Crippen molar-refractivity contribution in [3.8, 4) is 0 Å². The highest BCUT2D eigenvalue weighted by atomic mass is 35.5. The van der Waals surface area contributed by atoms with Gasteiger partial charge in [-0.1, -0.05) is 34.8 Å². The standard InChI is InChI=1S/C22H22Cl3N3O3/c1-27(13-20(29)26-17-8-9-18(24)19(25)11-17)21(30)15-3-2-10-28(12-15)22(31)14-4-6-16(23)7-5-14/h4-9,11,15H,2-3,10,12-13H2,1H3,(H,26,29). The topological polar surface area (TPSA) is 69.7 Å². The summed E-state index contributed by atoms with van der Waals surface area (Å²) in [6.45, 7) is 0.798. The number of halogens is 3. The van der Waals surface area contributed by atoms with E-state index in [9.17, 15) is 14.4 Å². The van der Waals surface area contributed by atoms with E-state index in [0.717, 1.165) is 6.42 Å². The summed E-state index contributed by atoms with van der Waals surface area (Å²) in [6, 6.07) is 11.5. The first-order valence-electron chi connectivity index (χ1n) is 9.79. The van der Waals surface area contributed by atoms with Gasteiger partial charge in [0.15, 0.2) is 0 Å². The molecule has 2 aromatic carbocycles. The molecule has 1 fully saturated rings. The van der Waals surface area contributed by atoms with Crippen LogP contribution < -0.4 is 5.32 Å². The summed E-state index contributed by atoms with van der Waals surface area (Å²) in [4.78, 5) is 41.0. The van der Waals surface area contributed by atoms with Crippen LogP contribution in [0.3, 0.4) is 0 Å². The van der Waals surface area contributed by atoms with Gasteiger partial charge in [-0.05, 0) is 55.3 Å². The summed E-state index contributed by atoms with van der Waals surface area (Å²) in [5.41, 5.74) is 1.03. The molecule has 0 spiro atoms. The number of nitrogens with zero attached hydrogens (tertiary/aromatic N) is 2. The molecule has 1 N–H and O–H groups in total. The number of hydrogen-bond donors (Lipinski definition) is 1. The number of nitrogens with one attached hydrogen (secondary N) is 1. The van der Waals surface area contributed by atoms with Gasteiger partial charge in [0.05, 0.1) is 22.5 Å². The largest absolute Gasteiger partial charge is 0.338 e. The van der Waals surface area contributed by atoms with E-state index in [1.807, 2.05) is 0 Å². The number of hydrogen-bond acceptors (Lipinski definition) is 3. The number of likely N-dealkylation sites (N-methyl/N-ethyl adjacent to an activating group) is 1. The number of amides is 3. The van der Waals surface area contributed by atoms with E-state index in [-0.39, 0.29) is 30.2 Å². The fraction of sp³-hybridized carbons (Fsp3) is 0.318. The van der Waals surface area contributed by atoms with Gasteiger partial charge in [0.1, 0.15) is 0 Å². The zero-order valence-corrected chi connectivity index (χ0v) is 19.2. The number of carbonyl (C=O) groups excluding carboxylic acids is 3. The summed E-state index contributed by atoms with van der Waals surface area (Å²) in [5.74, 6) is -1.00. The lowest BCUT2D eigenvalue weighted by molar-refractivity contribution is -0.138. The third kappa shape index (κ3) is 6.12. The molecule has 0 radical (unpaired) electrons. The molecule has 1 unspecified atom stereocenters. The molecule has 0 aromatic heterocycles. The Morgan fingerprint density at radius 2 is 1.77 bits per heavy atom. The Bertz CT molecular complexity index is 982. The van der Waals surface area contributed by atoms with Gasteiger partial charge in [0.2, 0.25) is 11.8 Å². The smallest absolute Gasteiger partial charge is 0.253 e. The van der Waals surface area contributed by atoms with E-state index in [1.54, 1.807) is 54.4 Å². The molecule has 31 heavy (non-hydrogen) atoms. The normalized spacial score (nSPS) is 16.0. The van der Waals surface area contributed by atoms with Gasteiger partial charge in [-0.15, -0.1) is 0 Å². The van der Waals surface area contributed by atoms with Gasteiger partial charge >= 0.3 is 0 Å². The lowest BCUT2D eigenvalue weighted by atomic mass is 9.96. The highest BCUT2D eigenvalue weighted by Crippen LogP contribution is 2.25. The van der Waals surface area contributed by atoms with Crippen molar-refractivity contribution in [1.29, 1.82) is 0 Å². The number of piperidine rings is 1. The molecular formula is C22H22Cl3N3O3. The van der Waals surface area contributed by atoms with Crippen LogP contribution in [0.5, 0.6) is 0 Å². The average Bonchev–Trinajstić information content (AvgIpc) is 2.75. The molecule has 164 valence electrons. The summed E-state index contributed by atoms with van der Waals surface area (Å²) < 4.78 is 0. The van der Waals surface area contributed by atoms with E-state index in [0.29, 0.717) is 45.8 Å². The third-order valence-corrected chi connectivity index (χ3v) is 6.10. The van der Waals surface area contributed by atoms with Crippen molar-refractivity contribution in [3.05, 3.63) is 63.1 Å². The minimum Gasteiger partial charge on any atom is -0.338 e. The van der Waals surface area contributed by atoms with Crippen LogP contribution in [0.4, 0.5) is 5.69 Å². The molecule has 3 rings (SSSR count). The van der Waals surface area contributed by atoms with Crippen molar-refractivity contribution in [1.82, 2.24) is 9.80 Å². The number of likely N-dealkylation sites (tertiary alicyclic amines) is 1. The van der Waals surface area contributed by atoms with Crippen LogP contribution in [0.15, 0.2) is 42.5 Å². The molecule has 1 aliphatic heterocycles. The van der Waals surface area contributed by atoms with Crippen molar-refractivity contribution in [3.63, 3.8) is 0 Å². The second kappa shape index (κ2) is 10.4. The van der Waals surface area contributed by atoms with Crippen molar-refractivity contribution in [2.45, 2.75) is 12.8 Å². The zero-order chi connectivity index (χ0) is 22.5. The van der Waals surface area contributed by atoms with E-state index < -0.39 is 0 Å². The second-order valence-corrected chi connectivity index (χ2v) is 8.72. The monoisotopic (exact) mass is 481 g/mol. The average molecular weight is 483 g/mol. The van der Waals surface area contributed by atoms with Crippen molar-refractivity contribution in [2.24, 2.45) is 5.92 Å². The molecule has 0 saturated carbocycles. The second-order valence-electron chi connectivity index (χ2n) is 7.47. The quantitative estimate of drug-likeness (QED) is 0.677. The fourth-order valence-electron chi connectivity index (χ4n) is 3.52. The van der Waals surface area contributed by atoms with Crippen molar-refractivity contribution < 1.29 is 14.4 Å². The lowest BCUT2D eigenvalue weighted by Crippen LogP contribution is -2.47. The van der Waals surface area contributed by atoms with Crippen LogP contribution in [-0.2, 0) is 9.59 Å². The molecule has 0 bridgehead atoms. The highest BCUT2D eigenvalue weighted by Gasteiger charge is 2.31. The molecule has 3 amide bonds. The molecular weight excluding hydrogens is 461 g/mol. The number of benzene rings is 2. The Morgan fingerprint density at radius 3 is 2.45 bits per heavy atom. The van der Waals surface area contributed by atoms with Crippen LogP contribution in [0.1, 0.15) is 23.2 Å².